The zero-order valence-electron chi connectivity index (χ0n) is 14.2. The predicted octanol–water partition coefficient (Wildman–Crippen LogP) is 4.48. The summed E-state index contributed by atoms with van der Waals surface area (Å²) in [6.07, 6.45) is 7.15. The Morgan fingerprint density at radius 2 is 1.85 bits per heavy atom. The van der Waals surface area contributed by atoms with E-state index in [-0.39, 0.29) is 17.8 Å². The van der Waals surface area contributed by atoms with E-state index in [0.717, 1.165) is 31.2 Å². The van der Waals surface area contributed by atoms with Gasteiger partial charge in [0, 0.05) is 17.7 Å². The summed E-state index contributed by atoms with van der Waals surface area (Å²) in [5.74, 6) is 0.781. The normalized spacial score (nSPS) is 20.0. The van der Waals surface area contributed by atoms with Crippen LogP contribution in [0.1, 0.15) is 37.9 Å². The van der Waals surface area contributed by atoms with Gasteiger partial charge in [-0.15, -0.1) is 0 Å². The quantitative estimate of drug-likeness (QED) is 0.639. The van der Waals surface area contributed by atoms with Crippen molar-refractivity contribution in [1.29, 1.82) is 0 Å². The van der Waals surface area contributed by atoms with Crippen LogP contribution in [0.3, 0.4) is 0 Å². The first-order valence-electron chi connectivity index (χ1n) is 8.84. The molecule has 4 nitrogen and oxygen atoms in total. The number of nitrogens with zero attached hydrogens (tertiary/aromatic N) is 1. The van der Waals surface area contributed by atoms with Crippen molar-refractivity contribution < 1.29 is 13.6 Å². The topological polar surface area (TPSA) is 45.5 Å². The molecule has 2 heterocycles. The molecule has 2 aliphatic rings. The fraction of sp³-hybridized carbons (Fsp3) is 0.300. The summed E-state index contributed by atoms with van der Waals surface area (Å²) in [6, 6.07) is 9.86. The Hall–Kier alpha value is -2.47. The number of halogens is 1. The smallest absolute Gasteiger partial charge is 0.276 e. The summed E-state index contributed by atoms with van der Waals surface area (Å²) in [7, 11) is 0. The van der Waals surface area contributed by atoms with Gasteiger partial charge in [-0.05, 0) is 61.5 Å². The average molecular weight is 370 g/mol. The van der Waals surface area contributed by atoms with E-state index in [1.54, 1.807) is 35.2 Å². The lowest BCUT2D eigenvalue weighted by atomic mass is 9.94. The van der Waals surface area contributed by atoms with Crippen LogP contribution in [0.4, 0.5) is 4.39 Å². The van der Waals surface area contributed by atoms with Crippen LogP contribution >= 0.6 is 12.2 Å². The molecule has 134 valence electrons. The maximum absolute atomic E-state index is 13.0. The second kappa shape index (κ2) is 7.03. The summed E-state index contributed by atoms with van der Waals surface area (Å²) in [5, 5.41) is 3.49. The fourth-order valence-electron chi connectivity index (χ4n) is 3.56. The van der Waals surface area contributed by atoms with Crippen molar-refractivity contribution in [1.82, 2.24) is 10.2 Å². The molecule has 0 unspecified atom stereocenters. The second-order valence-electron chi connectivity index (χ2n) is 6.66. The van der Waals surface area contributed by atoms with Gasteiger partial charge in [-0.25, -0.2) is 4.39 Å². The second-order valence-corrected chi connectivity index (χ2v) is 7.05. The van der Waals surface area contributed by atoms with Crippen molar-refractivity contribution >= 4 is 29.3 Å². The molecular formula is C20H19FN2O2S. The van der Waals surface area contributed by atoms with Crippen molar-refractivity contribution in [3.05, 3.63) is 53.7 Å². The molecule has 0 bridgehead atoms. The number of furan rings is 1. The van der Waals surface area contributed by atoms with Crippen LogP contribution in [0.15, 0.2) is 46.5 Å². The Bertz CT molecular complexity index is 866. The number of rotatable bonds is 3. The van der Waals surface area contributed by atoms with E-state index in [9.17, 15) is 9.18 Å². The van der Waals surface area contributed by atoms with Crippen LogP contribution in [0.2, 0.25) is 0 Å². The van der Waals surface area contributed by atoms with E-state index in [4.69, 9.17) is 16.6 Å². The fourth-order valence-corrected chi connectivity index (χ4v) is 3.90. The average Bonchev–Trinajstić information content (AvgIpc) is 3.21. The number of nitrogens with one attached hydrogen (secondary N) is 1. The first-order chi connectivity index (χ1) is 12.6. The van der Waals surface area contributed by atoms with E-state index >= 15 is 0 Å². The van der Waals surface area contributed by atoms with Crippen LogP contribution in [-0.4, -0.2) is 22.0 Å². The predicted molar refractivity (Wildman–Crippen MR) is 102 cm³/mol. The van der Waals surface area contributed by atoms with Gasteiger partial charge in [-0.1, -0.05) is 19.3 Å². The van der Waals surface area contributed by atoms with Crippen LogP contribution in [0.5, 0.6) is 0 Å². The Kier molecular flexibility index (Phi) is 4.59. The molecule has 1 aromatic heterocycles. The zero-order valence-corrected chi connectivity index (χ0v) is 15.0. The van der Waals surface area contributed by atoms with Gasteiger partial charge in [0.1, 0.15) is 23.0 Å². The molecule has 1 saturated carbocycles. The van der Waals surface area contributed by atoms with Gasteiger partial charge in [-0.2, -0.15) is 0 Å². The molecule has 4 rings (SSSR count). The molecule has 1 amide bonds. The maximum Gasteiger partial charge on any atom is 0.276 e. The molecule has 0 atom stereocenters. The van der Waals surface area contributed by atoms with Crippen molar-refractivity contribution in [2.75, 3.05) is 0 Å². The van der Waals surface area contributed by atoms with Crippen LogP contribution in [0, 0.1) is 5.82 Å². The molecule has 1 aliphatic heterocycles. The lowest BCUT2D eigenvalue weighted by molar-refractivity contribution is -0.124. The minimum Gasteiger partial charge on any atom is -0.457 e. The van der Waals surface area contributed by atoms with Gasteiger partial charge >= 0.3 is 0 Å². The van der Waals surface area contributed by atoms with E-state index < -0.39 is 0 Å². The molecule has 1 N–H and O–H groups in total. The van der Waals surface area contributed by atoms with Gasteiger partial charge in [0.25, 0.3) is 5.91 Å². The highest BCUT2D eigenvalue weighted by Gasteiger charge is 2.36. The Balaban J connectivity index is 1.54. The molecule has 2 aromatic rings. The number of hydrogen-bond donors (Lipinski definition) is 1. The number of thiocarbonyl (C=S) groups is 1. The highest BCUT2D eigenvalue weighted by molar-refractivity contribution is 7.80. The zero-order chi connectivity index (χ0) is 18.1. The summed E-state index contributed by atoms with van der Waals surface area (Å²) < 4.78 is 18.8. The molecular weight excluding hydrogens is 351 g/mol. The Labute approximate surface area is 156 Å². The van der Waals surface area contributed by atoms with Gasteiger partial charge in [0.2, 0.25) is 0 Å². The molecule has 1 saturated heterocycles. The molecule has 1 aliphatic carbocycles. The van der Waals surface area contributed by atoms with E-state index in [1.807, 2.05) is 0 Å². The minimum atomic E-state index is -0.292. The third-order valence-electron chi connectivity index (χ3n) is 4.89. The van der Waals surface area contributed by atoms with Crippen LogP contribution in [0.25, 0.3) is 17.4 Å². The van der Waals surface area contributed by atoms with Gasteiger partial charge in [-0.3, -0.25) is 9.69 Å². The largest absolute Gasteiger partial charge is 0.457 e. The molecule has 2 fully saturated rings. The molecule has 1 aromatic carbocycles. The number of carbonyl (C=O) groups is 1. The first-order valence-corrected chi connectivity index (χ1v) is 9.25. The Morgan fingerprint density at radius 3 is 2.58 bits per heavy atom. The number of benzene rings is 1. The third kappa shape index (κ3) is 3.29. The third-order valence-corrected chi connectivity index (χ3v) is 5.19. The number of carbonyl (C=O) groups excluding carboxylic acids is 1. The summed E-state index contributed by atoms with van der Waals surface area (Å²) in [6.45, 7) is 0. The van der Waals surface area contributed by atoms with E-state index in [2.05, 4.69) is 5.32 Å². The lowest BCUT2D eigenvalue weighted by Crippen LogP contribution is -2.41. The SMILES string of the molecule is O=C1/C(=C/c2ccc(-c3ccc(F)cc3)o2)NC(=S)N1C1CCCCC1. The Morgan fingerprint density at radius 1 is 1.12 bits per heavy atom. The van der Waals surface area contributed by atoms with Crippen LogP contribution in [-0.2, 0) is 4.79 Å². The lowest BCUT2D eigenvalue weighted by Gasteiger charge is -2.29. The maximum atomic E-state index is 13.0. The standard InChI is InChI=1S/C20H19FN2O2S/c21-14-8-6-13(7-9-14)18-11-10-16(25-18)12-17-19(24)23(20(26)22-17)15-4-2-1-3-5-15/h6-12,15H,1-5H2,(H,22,26)/b17-12-. The summed E-state index contributed by atoms with van der Waals surface area (Å²) in [5.41, 5.74) is 1.21. The van der Waals surface area contributed by atoms with Crippen LogP contribution < -0.4 is 5.32 Å². The molecule has 6 heteroatoms. The summed E-state index contributed by atoms with van der Waals surface area (Å²) in [4.78, 5) is 14.5. The highest BCUT2D eigenvalue weighted by atomic mass is 32.1. The molecule has 26 heavy (non-hydrogen) atoms. The van der Waals surface area contributed by atoms with Crippen molar-refractivity contribution in [2.24, 2.45) is 0 Å². The van der Waals surface area contributed by atoms with Gasteiger partial charge in [0.15, 0.2) is 5.11 Å². The minimum absolute atomic E-state index is 0.0957. The van der Waals surface area contributed by atoms with Crippen molar-refractivity contribution in [2.45, 2.75) is 38.1 Å². The highest BCUT2D eigenvalue weighted by Crippen LogP contribution is 2.28. The van der Waals surface area contributed by atoms with Gasteiger partial charge in [0.05, 0.1) is 0 Å². The molecule has 0 spiro atoms. The van der Waals surface area contributed by atoms with E-state index in [1.165, 1.54) is 18.6 Å². The summed E-state index contributed by atoms with van der Waals surface area (Å²) >= 11 is 5.37. The number of hydrogen-bond acceptors (Lipinski definition) is 3. The van der Waals surface area contributed by atoms with Crippen molar-refractivity contribution in [3.63, 3.8) is 0 Å². The monoisotopic (exact) mass is 370 g/mol. The van der Waals surface area contributed by atoms with Gasteiger partial charge < -0.3 is 9.73 Å². The number of amides is 1. The first kappa shape index (κ1) is 17.0. The molecule has 0 radical (unpaired) electrons. The van der Waals surface area contributed by atoms with E-state index in [0.29, 0.717) is 22.3 Å². The van der Waals surface area contributed by atoms with Crippen molar-refractivity contribution in [3.8, 4) is 11.3 Å².